The zero-order chi connectivity index (χ0) is 16.2. The molecule has 1 unspecified atom stereocenters. The average molecular weight is 334 g/mol. The summed E-state index contributed by atoms with van der Waals surface area (Å²) in [5.41, 5.74) is 0.722. The van der Waals surface area contributed by atoms with Gasteiger partial charge in [-0.05, 0) is 43.9 Å². The molecule has 2 fully saturated rings. The maximum atomic E-state index is 12.2. The Labute approximate surface area is 142 Å². The number of halogens is 1. The number of carbonyl (C=O) groups excluding carboxylic acids is 1. The summed E-state index contributed by atoms with van der Waals surface area (Å²) in [7, 11) is 0. The second-order valence-corrected chi connectivity index (χ2v) is 6.94. The summed E-state index contributed by atoms with van der Waals surface area (Å²) in [4.78, 5) is 14.8. The number of fused-ring (bicyclic) bond motifs is 2. The number of rotatable bonds is 4. The van der Waals surface area contributed by atoms with E-state index in [4.69, 9.17) is 11.6 Å². The highest BCUT2D eigenvalue weighted by atomic mass is 35.5. The van der Waals surface area contributed by atoms with Gasteiger partial charge in [-0.1, -0.05) is 30.2 Å². The summed E-state index contributed by atoms with van der Waals surface area (Å²) in [6.45, 7) is 4.83. The van der Waals surface area contributed by atoms with Crippen LogP contribution >= 0.6 is 11.6 Å². The lowest BCUT2D eigenvalue weighted by Gasteiger charge is -2.48. The van der Waals surface area contributed by atoms with E-state index >= 15 is 0 Å². The highest BCUT2D eigenvalue weighted by molar-refractivity contribution is 6.30. The van der Waals surface area contributed by atoms with Crippen LogP contribution in [0.3, 0.4) is 0 Å². The van der Waals surface area contributed by atoms with Gasteiger partial charge < -0.3 is 10.6 Å². The number of urea groups is 1. The van der Waals surface area contributed by atoms with E-state index in [1.807, 2.05) is 18.2 Å². The molecule has 124 valence electrons. The molecule has 2 N–H and O–H groups in total. The van der Waals surface area contributed by atoms with Gasteiger partial charge in [-0.25, -0.2) is 4.79 Å². The SMILES string of the molecule is C=CCN1[C@@H]2CCC[C@H]1CC(NC(=O)Nc1cccc(Cl)c1)C2. The Kier molecular flexibility index (Phi) is 5.23. The lowest BCUT2D eigenvalue weighted by Crippen LogP contribution is -2.57. The van der Waals surface area contributed by atoms with Gasteiger partial charge >= 0.3 is 6.03 Å². The Hall–Kier alpha value is -1.52. The van der Waals surface area contributed by atoms with Crippen molar-refractivity contribution < 1.29 is 4.79 Å². The van der Waals surface area contributed by atoms with Crippen LogP contribution in [0.15, 0.2) is 36.9 Å². The van der Waals surface area contributed by atoms with Crippen molar-refractivity contribution in [3.05, 3.63) is 41.9 Å². The molecule has 2 saturated heterocycles. The number of nitrogens with zero attached hydrogens (tertiary/aromatic N) is 1. The normalized spacial score (nSPS) is 27.3. The van der Waals surface area contributed by atoms with Crippen LogP contribution in [-0.2, 0) is 0 Å². The minimum Gasteiger partial charge on any atom is -0.335 e. The summed E-state index contributed by atoms with van der Waals surface area (Å²) in [5, 5.41) is 6.62. The van der Waals surface area contributed by atoms with Gasteiger partial charge in [-0.3, -0.25) is 4.90 Å². The van der Waals surface area contributed by atoms with Crippen LogP contribution in [0.5, 0.6) is 0 Å². The number of carbonyl (C=O) groups is 1. The monoisotopic (exact) mass is 333 g/mol. The molecule has 5 heteroatoms. The number of anilines is 1. The van der Waals surface area contributed by atoms with Crippen LogP contribution in [0.4, 0.5) is 10.5 Å². The number of nitrogens with one attached hydrogen (secondary N) is 2. The predicted octanol–water partition coefficient (Wildman–Crippen LogP) is 4.03. The van der Waals surface area contributed by atoms with E-state index in [1.165, 1.54) is 19.3 Å². The maximum absolute atomic E-state index is 12.2. The topological polar surface area (TPSA) is 44.4 Å². The van der Waals surface area contributed by atoms with Crippen LogP contribution in [-0.4, -0.2) is 35.6 Å². The van der Waals surface area contributed by atoms with Gasteiger partial charge in [0.1, 0.15) is 0 Å². The van der Waals surface area contributed by atoms with Crippen LogP contribution in [0.2, 0.25) is 5.02 Å². The Morgan fingerprint density at radius 3 is 2.74 bits per heavy atom. The smallest absolute Gasteiger partial charge is 0.319 e. The van der Waals surface area contributed by atoms with Crippen LogP contribution in [0.25, 0.3) is 0 Å². The Morgan fingerprint density at radius 1 is 1.35 bits per heavy atom. The molecule has 3 atom stereocenters. The number of amides is 2. The summed E-state index contributed by atoms with van der Waals surface area (Å²) < 4.78 is 0. The summed E-state index contributed by atoms with van der Waals surface area (Å²) in [6.07, 6.45) is 7.77. The largest absolute Gasteiger partial charge is 0.335 e. The van der Waals surface area contributed by atoms with Gasteiger partial charge in [-0.15, -0.1) is 6.58 Å². The number of benzene rings is 1. The van der Waals surface area contributed by atoms with Gasteiger partial charge in [-0.2, -0.15) is 0 Å². The molecule has 2 aliphatic rings. The van der Waals surface area contributed by atoms with Crippen molar-refractivity contribution in [2.24, 2.45) is 0 Å². The Bertz CT molecular complexity index is 563. The summed E-state index contributed by atoms with van der Waals surface area (Å²) >= 11 is 5.95. The molecule has 1 aromatic carbocycles. The van der Waals surface area contributed by atoms with Gasteiger partial charge in [0.2, 0.25) is 0 Å². The highest BCUT2D eigenvalue weighted by Crippen LogP contribution is 2.33. The zero-order valence-electron chi connectivity index (χ0n) is 13.3. The molecule has 2 amide bonds. The summed E-state index contributed by atoms with van der Waals surface area (Å²) in [6, 6.07) is 8.44. The fraction of sp³-hybridized carbons (Fsp3) is 0.500. The minimum absolute atomic E-state index is 0.146. The molecule has 0 aliphatic carbocycles. The second-order valence-electron chi connectivity index (χ2n) is 6.50. The van der Waals surface area contributed by atoms with Crippen molar-refractivity contribution >= 4 is 23.3 Å². The van der Waals surface area contributed by atoms with E-state index in [-0.39, 0.29) is 12.1 Å². The van der Waals surface area contributed by atoms with Crippen LogP contribution in [0, 0.1) is 0 Å². The van der Waals surface area contributed by atoms with Gasteiger partial charge in [0.15, 0.2) is 0 Å². The molecule has 0 saturated carbocycles. The molecule has 2 bridgehead atoms. The first-order valence-corrected chi connectivity index (χ1v) is 8.73. The third kappa shape index (κ3) is 4.06. The van der Waals surface area contributed by atoms with Gasteiger partial charge in [0.05, 0.1) is 0 Å². The summed E-state index contributed by atoms with van der Waals surface area (Å²) in [5.74, 6) is 0. The molecule has 23 heavy (non-hydrogen) atoms. The lowest BCUT2D eigenvalue weighted by molar-refractivity contribution is 0.0375. The predicted molar refractivity (Wildman–Crippen MR) is 95.0 cm³/mol. The molecule has 4 nitrogen and oxygen atoms in total. The third-order valence-electron chi connectivity index (χ3n) is 4.88. The maximum Gasteiger partial charge on any atom is 0.319 e. The van der Waals surface area contributed by atoms with Crippen LogP contribution < -0.4 is 10.6 Å². The molecule has 2 aliphatic heterocycles. The first-order chi connectivity index (χ1) is 11.2. The number of hydrogen-bond acceptors (Lipinski definition) is 2. The molecule has 1 aromatic rings. The van der Waals surface area contributed by atoms with Crippen molar-refractivity contribution in [3.63, 3.8) is 0 Å². The third-order valence-corrected chi connectivity index (χ3v) is 5.12. The zero-order valence-corrected chi connectivity index (χ0v) is 14.1. The van der Waals surface area contributed by atoms with Gasteiger partial charge in [0, 0.05) is 35.4 Å². The van der Waals surface area contributed by atoms with Gasteiger partial charge in [0.25, 0.3) is 0 Å². The van der Waals surface area contributed by atoms with E-state index in [0.29, 0.717) is 17.1 Å². The molecular weight excluding hydrogens is 310 g/mol. The quantitative estimate of drug-likeness (QED) is 0.817. The van der Waals surface area contributed by atoms with Crippen molar-refractivity contribution in [1.29, 1.82) is 0 Å². The van der Waals surface area contributed by atoms with Crippen molar-refractivity contribution in [1.82, 2.24) is 10.2 Å². The lowest BCUT2D eigenvalue weighted by atomic mass is 9.82. The fourth-order valence-electron chi connectivity index (χ4n) is 3.96. The first-order valence-electron chi connectivity index (χ1n) is 8.35. The Morgan fingerprint density at radius 2 is 2.09 bits per heavy atom. The molecule has 0 aromatic heterocycles. The van der Waals surface area contributed by atoms with Crippen LogP contribution in [0.1, 0.15) is 32.1 Å². The highest BCUT2D eigenvalue weighted by Gasteiger charge is 2.37. The van der Waals surface area contributed by atoms with E-state index in [9.17, 15) is 4.79 Å². The number of piperidine rings is 2. The molecule has 0 spiro atoms. The molecule has 3 rings (SSSR count). The van der Waals surface area contributed by atoms with E-state index in [1.54, 1.807) is 12.1 Å². The first kappa shape index (κ1) is 16.3. The van der Waals surface area contributed by atoms with E-state index < -0.39 is 0 Å². The number of hydrogen-bond donors (Lipinski definition) is 2. The Balaban J connectivity index is 1.56. The van der Waals surface area contributed by atoms with E-state index in [0.717, 1.165) is 25.1 Å². The molecule has 0 radical (unpaired) electrons. The molecular formula is C18H24ClN3O. The van der Waals surface area contributed by atoms with Crippen molar-refractivity contribution in [3.8, 4) is 0 Å². The molecule has 2 heterocycles. The second kappa shape index (κ2) is 7.37. The minimum atomic E-state index is -0.146. The van der Waals surface area contributed by atoms with E-state index in [2.05, 4.69) is 22.1 Å². The van der Waals surface area contributed by atoms with Crippen molar-refractivity contribution in [2.45, 2.75) is 50.2 Å². The average Bonchev–Trinajstić information content (AvgIpc) is 2.48. The van der Waals surface area contributed by atoms with Crippen molar-refractivity contribution in [2.75, 3.05) is 11.9 Å². The fourth-order valence-corrected chi connectivity index (χ4v) is 4.15. The standard InChI is InChI=1S/C18H24ClN3O/c1-2-9-22-16-7-4-8-17(22)12-15(11-16)21-18(23)20-14-6-3-5-13(19)10-14/h2-3,5-6,10,15-17H,1,4,7-9,11-12H2,(H2,20,21,23)/t15?,16-,17+.